The van der Waals surface area contributed by atoms with Gasteiger partial charge in [-0.15, -0.1) is 0 Å². The zero-order valence-corrected chi connectivity index (χ0v) is 30.7. The highest BCUT2D eigenvalue weighted by Crippen LogP contribution is 2.34. The first-order valence-corrected chi connectivity index (χ1v) is 19.9. The summed E-state index contributed by atoms with van der Waals surface area (Å²) in [5.74, 6) is -1.03. The van der Waals surface area contributed by atoms with E-state index in [0.717, 1.165) is 18.1 Å². The summed E-state index contributed by atoms with van der Waals surface area (Å²) < 4.78 is 40.1. The summed E-state index contributed by atoms with van der Waals surface area (Å²) in [5.41, 5.74) is 1.23. The van der Waals surface area contributed by atoms with E-state index in [1.54, 1.807) is 51.1 Å². The van der Waals surface area contributed by atoms with Crippen molar-refractivity contribution in [3.8, 4) is 6.07 Å². The van der Waals surface area contributed by atoms with Gasteiger partial charge in [-0.2, -0.15) is 5.26 Å². The van der Waals surface area contributed by atoms with Crippen molar-refractivity contribution in [1.29, 1.82) is 5.26 Å². The highest BCUT2D eigenvalue weighted by atomic mass is 33.1. The van der Waals surface area contributed by atoms with Gasteiger partial charge in [0.1, 0.15) is 30.5 Å². The molecular weight excluding hydrogens is 687 g/mol. The van der Waals surface area contributed by atoms with Gasteiger partial charge in [0, 0.05) is 37.8 Å². The molecule has 272 valence electrons. The molecule has 16 heteroatoms. The van der Waals surface area contributed by atoms with Crippen LogP contribution in [0.25, 0.3) is 0 Å². The van der Waals surface area contributed by atoms with Gasteiger partial charge in [0.2, 0.25) is 11.8 Å². The number of hydrogen-bond acceptors (Lipinski definition) is 13. The third-order valence-electron chi connectivity index (χ3n) is 9.09. The molecule has 1 aromatic heterocycles. The monoisotopic (exact) mass is 731 g/mol. The maximum Gasteiger partial charge on any atom is 0.508 e. The Labute approximate surface area is 296 Å². The molecule has 2 fully saturated rings. The molecule has 50 heavy (non-hydrogen) atoms. The van der Waals surface area contributed by atoms with Crippen molar-refractivity contribution in [2.75, 3.05) is 30.8 Å². The second-order valence-corrected chi connectivity index (χ2v) is 18.0. The molecule has 6 atom stereocenters. The SMILES string of the molecule is CC(OC(=O)O[C@@H]1C[C@@H](C(=O)N[C@@H](C)c2ccc(C#N)cc2)N(C(=O)[C@@H](c2cc(N3CCC(C=O)CC3)no2)C(C)C)C1)C(C)SS(C)(=O)=O. The Morgan fingerprint density at radius 2 is 1.78 bits per heavy atom. The van der Waals surface area contributed by atoms with E-state index in [1.165, 1.54) is 4.90 Å². The fraction of sp³-hybridized carbons (Fsp3) is 0.588. The Morgan fingerprint density at radius 1 is 1.12 bits per heavy atom. The van der Waals surface area contributed by atoms with Crippen LogP contribution in [0.15, 0.2) is 34.9 Å². The van der Waals surface area contributed by atoms with Gasteiger partial charge in [0.05, 0.1) is 29.5 Å². The van der Waals surface area contributed by atoms with E-state index in [-0.39, 0.29) is 24.8 Å². The van der Waals surface area contributed by atoms with Gasteiger partial charge in [-0.3, -0.25) is 9.59 Å². The third-order valence-corrected chi connectivity index (χ3v) is 12.1. The number of nitriles is 1. The van der Waals surface area contributed by atoms with Gasteiger partial charge in [-0.05, 0) is 68.0 Å². The fourth-order valence-electron chi connectivity index (χ4n) is 6.13. The quantitative estimate of drug-likeness (QED) is 0.176. The number of nitrogens with zero attached hydrogens (tertiary/aromatic N) is 4. The zero-order chi connectivity index (χ0) is 36.7. The molecule has 2 unspecified atom stereocenters. The van der Waals surface area contributed by atoms with Gasteiger partial charge >= 0.3 is 6.16 Å². The number of carbonyl (C=O) groups excluding carboxylic acids is 4. The van der Waals surface area contributed by atoms with Gasteiger partial charge in [-0.1, -0.05) is 31.1 Å². The van der Waals surface area contributed by atoms with Gasteiger partial charge < -0.3 is 33.9 Å². The molecule has 1 N–H and O–H groups in total. The summed E-state index contributed by atoms with van der Waals surface area (Å²) in [4.78, 5) is 55.7. The van der Waals surface area contributed by atoms with E-state index in [4.69, 9.17) is 19.3 Å². The van der Waals surface area contributed by atoms with Crippen LogP contribution in [-0.2, 0) is 32.7 Å². The van der Waals surface area contributed by atoms with E-state index in [2.05, 4.69) is 16.5 Å². The topological polar surface area (TPSA) is 189 Å². The van der Waals surface area contributed by atoms with Crippen LogP contribution in [0.4, 0.5) is 10.6 Å². The minimum Gasteiger partial charge on any atom is -0.430 e. The van der Waals surface area contributed by atoms with E-state index in [1.807, 2.05) is 18.7 Å². The van der Waals surface area contributed by atoms with E-state index < -0.39 is 62.3 Å². The maximum atomic E-state index is 14.4. The highest BCUT2D eigenvalue weighted by Gasteiger charge is 2.45. The molecule has 2 saturated heterocycles. The molecule has 4 rings (SSSR count). The van der Waals surface area contributed by atoms with Crippen molar-refractivity contribution < 1.29 is 41.6 Å². The number of hydrogen-bond donors (Lipinski definition) is 1. The van der Waals surface area contributed by atoms with Crippen LogP contribution in [0.5, 0.6) is 0 Å². The van der Waals surface area contributed by atoms with Crippen molar-refractivity contribution in [3.05, 3.63) is 47.2 Å². The molecule has 0 saturated carbocycles. The largest absolute Gasteiger partial charge is 0.508 e. The summed E-state index contributed by atoms with van der Waals surface area (Å²) in [5, 5.41) is 15.8. The number of likely N-dealkylation sites (tertiary alicyclic amines) is 1. The van der Waals surface area contributed by atoms with Crippen LogP contribution in [0.1, 0.15) is 82.7 Å². The van der Waals surface area contributed by atoms with Gasteiger partial charge in [-0.25, -0.2) is 13.2 Å². The molecule has 2 aliphatic heterocycles. The summed E-state index contributed by atoms with van der Waals surface area (Å²) in [6.45, 7) is 9.84. The summed E-state index contributed by atoms with van der Waals surface area (Å²) in [6.07, 6.45) is 0.692. The number of aldehydes is 1. The average Bonchev–Trinajstić information content (AvgIpc) is 3.72. The summed E-state index contributed by atoms with van der Waals surface area (Å²) >= 11 is 0. The minimum absolute atomic E-state index is 0.00548. The number of nitrogens with one attached hydrogen (secondary N) is 1. The van der Waals surface area contributed by atoms with Crippen LogP contribution >= 0.6 is 10.8 Å². The number of benzene rings is 1. The Hall–Kier alpha value is -4.10. The fourth-order valence-corrected chi connectivity index (χ4v) is 9.02. The Bertz CT molecular complexity index is 1670. The minimum atomic E-state index is -3.39. The van der Waals surface area contributed by atoms with Crippen LogP contribution in [-0.4, -0.2) is 92.1 Å². The average molecular weight is 732 g/mol. The number of piperidine rings is 1. The van der Waals surface area contributed by atoms with Crippen molar-refractivity contribution in [2.24, 2.45) is 11.8 Å². The lowest BCUT2D eigenvalue weighted by Crippen LogP contribution is -2.48. The van der Waals surface area contributed by atoms with Crippen LogP contribution < -0.4 is 10.2 Å². The van der Waals surface area contributed by atoms with E-state index in [9.17, 15) is 27.6 Å². The lowest BCUT2D eigenvalue weighted by molar-refractivity contribution is -0.141. The molecule has 3 heterocycles. The molecule has 2 aromatic rings. The Kier molecular flexibility index (Phi) is 13.0. The number of carbonyl (C=O) groups is 4. The number of amides is 2. The Morgan fingerprint density at radius 3 is 2.36 bits per heavy atom. The molecular formula is C34H45N5O9S2. The number of anilines is 1. The second-order valence-electron chi connectivity index (χ2n) is 13.3. The second kappa shape index (κ2) is 16.7. The van der Waals surface area contributed by atoms with Crippen LogP contribution in [0.3, 0.4) is 0 Å². The zero-order valence-electron chi connectivity index (χ0n) is 29.1. The lowest BCUT2D eigenvalue weighted by atomic mass is 9.91. The molecule has 0 radical (unpaired) electrons. The molecule has 2 amide bonds. The standard InChI is InChI=1S/C34H45N5O9S2/c1-20(2)31(29-16-30(37-48-29)38-13-11-25(19-40)12-14-38)33(42)39-18-27(47-34(43)46-22(4)23(5)49-50(6,44)45)15-28(39)32(41)36-21(3)26-9-7-24(17-35)8-10-26/h7-10,16,19-23,25,27-28,31H,11-15,18H2,1-6H3,(H,36,41)/t21-,22?,23?,27+,28-,31+/m0/s1. The molecule has 14 nitrogen and oxygen atoms in total. The van der Waals surface area contributed by atoms with E-state index >= 15 is 0 Å². The normalized spacial score (nSPS) is 20.8. The third kappa shape index (κ3) is 10.00. The van der Waals surface area contributed by atoms with E-state index in [0.29, 0.717) is 53.9 Å². The molecule has 1 aromatic carbocycles. The first kappa shape index (κ1) is 38.7. The maximum absolute atomic E-state index is 14.4. The number of aromatic nitrogens is 1. The van der Waals surface area contributed by atoms with Crippen LogP contribution in [0.2, 0.25) is 0 Å². The highest BCUT2D eigenvalue weighted by molar-refractivity contribution is 8.72. The molecule has 0 aliphatic carbocycles. The van der Waals surface area contributed by atoms with Crippen LogP contribution in [0, 0.1) is 23.2 Å². The first-order valence-electron chi connectivity index (χ1n) is 16.6. The lowest BCUT2D eigenvalue weighted by Gasteiger charge is -2.30. The molecule has 0 spiro atoms. The predicted octanol–water partition coefficient (Wildman–Crippen LogP) is 4.17. The van der Waals surface area contributed by atoms with Crippen molar-refractivity contribution in [2.45, 2.75) is 89.3 Å². The first-order chi connectivity index (χ1) is 23.6. The number of ether oxygens (including phenoxy) is 2. The van der Waals surface area contributed by atoms with Gasteiger partial charge in [0.25, 0.3) is 0 Å². The van der Waals surface area contributed by atoms with Crippen molar-refractivity contribution >= 4 is 49.7 Å². The molecule has 2 aliphatic rings. The van der Waals surface area contributed by atoms with Gasteiger partial charge in [0.15, 0.2) is 20.4 Å². The van der Waals surface area contributed by atoms with Crippen molar-refractivity contribution in [3.63, 3.8) is 0 Å². The summed E-state index contributed by atoms with van der Waals surface area (Å²) in [6, 6.07) is 9.10. The number of rotatable bonds is 13. The molecule has 0 bridgehead atoms. The Balaban J connectivity index is 1.53. The summed E-state index contributed by atoms with van der Waals surface area (Å²) in [7, 11) is -2.72. The smallest absolute Gasteiger partial charge is 0.430 e. The predicted molar refractivity (Wildman–Crippen MR) is 186 cm³/mol. The van der Waals surface area contributed by atoms with Crippen molar-refractivity contribution in [1.82, 2.24) is 15.4 Å².